The molecule has 1 amide bonds. The van der Waals surface area contributed by atoms with Crippen molar-refractivity contribution in [1.82, 2.24) is 13.9 Å². The highest BCUT2D eigenvalue weighted by Gasteiger charge is 2.19. The van der Waals surface area contributed by atoms with Gasteiger partial charge in [0.25, 0.3) is 0 Å². The molecule has 0 aliphatic rings. The molecule has 4 rings (SSSR count). The summed E-state index contributed by atoms with van der Waals surface area (Å²) in [4.78, 5) is 17.4. The predicted octanol–water partition coefficient (Wildman–Crippen LogP) is 4.54. The molecule has 0 aliphatic carbocycles. The molecule has 7 nitrogen and oxygen atoms in total. The Labute approximate surface area is 200 Å². The number of carbonyl (C=O) groups is 1. The van der Waals surface area contributed by atoms with Gasteiger partial charge in [-0.2, -0.15) is 0 Å². The highest BCUT2D eigenvalue weighted by Crippen LogP contribution is 2.24. The van der Waals surface area contributed by atoms with Crippen molar-refractivity contribution in [3.05, 3.63) is 78.6 Å². The molecule has 1 N–H and O–H groups in total. The summed E-state index contributed by atoms with van der Waals surface area (Å²) in [6.07, 6.45) is 0.721. The molecule has 8 heteroatoms. The van der Waals surface area contributed by atoms with Crippen molar-refractivity contribution in [1.29, 1.82) is 0 Å². The SMILES string of the molecule is CCn1c(CCC(=O)Nc2ccc(-c3ccccc3)cc2)nc2cc(S(=O)(=O)N(C)C)ccc21. The van der Waals surface area contributed by atoms with Gasteiger partial charge in [0.2, 0.25) is 15.9 Å². The van der Waals surface area contributed by atoms with Crippen molar-refractivity contribution in [2.75, 3.05) is 19.4 Å². The van der Waals surface area contributed by atoms with E-state index in [9.17, 15) is 13.2 Å². The summed E-state index contributed by atoms with van der Waals surface area (Å²) in [5.41, 5.74) is 4.42. The molecule has 0 aliphatic heterocycles. The monoisotopic (exact) mass is 476 g/mol. The molecule has 1 aromatic heterocycles. The zero-order chi connectivity index (χ0) is 24.3. The molecule has 0 bridgehead atoms. The lowest BCUT2D eigenvalue weighted by molar-refractivity contribution is -0.116. The van der Waals surface area contributed by atoms with Crippen LogP contribution in [0.3, 0.4) is 0 Å². The molecule has 0 saturated carbocycles. The lowest BCUT2D eigenvalue weighted by atomic mass is 10.1. The number of amides is 1. The molecule has 1 heterocycles. The minimum absolute atomic E-state index is 0.0990. The quantitative estimate of drug-likeness (QED) is 0.405. The van der Waals surface area contributed by atoms with Crippen molar-refractivity contribution >= 4 is 32.7 Å². The highest BCUT2D eigenvalue weighted by atomic mass is 32.2. The number of sulfonamides is 1. The van der Waals surface area contributed by atoms with Crippen LogP contribution in [-0.4, -0.2) is 42.3 Å². The first-order chi connectivity index (χ1) is 16.3. The van der Waals surface area contributed by atoms with Crippen molar-refractivity contribution < 1.29 is 13.2 Å². The van der Waals surface area contributed by atoms with Crippen LogP contribution in [0.1, 0.15) is 19.2 Å². The summed E-state index contributed by atoms with van der Waals surface area (Å²) in [5, 5.41) is 2.94. The standard InChI is InChI=1S/C26H28N4O3S/c1-4-30-24-15-14-22(34(32,33)29(2)3)18-23(24)28-25(30)16-17-26(31)27-21-12-10-20(11-13-21)19-8-6-5-7-9-19/h5-15,18H,4,16-17H2,1-3H3,(H,27,31). The molecule has 176 valence electrons. The van der Waals surface area contributed by atoms with Gasteiger partial charge in [-0.05, 0) is 48.4 Å². The third kappa shape index (κ3) is 4.88. The Morgan fingerprint density at radius 2 is 1.65 bits per heavy atom. The van der Waals surface area contributed by atoms with E-state index in [1.54, 1.807) is 18.2 Å². The normalized spacial score (nSPS) is 11.8. The van der Waals surface area contributed by atoms with Crippen molar-refractivity contribution in [3.8, 4) is 11.1 Å². The lowest BCUT2D eigenvalue weighted by Crippen LogP contribution is -2.22. The van der Waals surface area contributed by atoms with Gasteiger partial charge >= 0.3 is 0 Å². The van der Waals surface area contributed by atoms with E-state index >= 15 is 0 Å². The summed E-state index contributed by atoms with van der Waals surface area (Å²) in [6.45, 7) is 2.68. The van der Waals surface area contributed by atoms with E-state index in [2.05, 4.69) is 10.3 Å². The first-order valence-electron chi connectivity index (χ1n) is 11.2. The Kier molecular flexibility index (Phi) is 6.81. The van der Waals surface area contributed by atoms with Crippen LogP contribution < -0.4 is 5.32 Å². The summed E-state index contributed by atoms with van der Waals surface area (Å²) in [5.74, 6) is 0.657. The number of anilines is 1. The summed E-state index contributed by atoms with van der Waals surface area (Å²) >= 11 is 0. The molecular formula is C26H28N4O3S. The largest absolute Gasteiger partial charge is 0.328 e. The predicted molar refractivity (Wildman–Crippen MR) is 135 cm³/mol. The molecule has 0 unspecified atom stereocenters. The number of hydrogen-bond donors (Lipinski definition) is 1. The molecule has 34 heavy (non-hydrogen) atoms. The van der Waals surface area contributed by atoms with Crippen LogP contribution in [0.15, 0.2) is 77.7 Å². The molecular weight excluding hydrogens is 448 g/mol. The lowest BCUT2D eigenvalue weighted by Gasteiger charge is -2.11. The maximum Gasteiger partial charge on any atom is 0.242 e. The zero-order valence-electron chi connectivity index (χ0n) is 19.5. The van der Waals surface area contributed by atoms with Crippen molar-refractivity contribution in [2.24, 2.45) is 0 Å². The van der Waals surface area contributed by atoms with E-state index in [0.29, 0.717) is 18.5 Å². The Balaban J connectivity index is 1.45. The number of aryl methyl sites for hydroxylation is 2. The molecule has 3 aromatic carbocycles. The fourth-order valence-electron chi connectivity index (χ4n) is 3.90. The number of benzene rings is 3. The molecule has 0 fully saturated rings. The Bertz CT molecular complexity index is 1410. The summed E-state index contributed by atoms with van der Waals surface area (Å²) in [7, 11) is -0.533. The van der Waals surface area contributed by atoms with Crippen LogP contribution in [0.2, 0.25) is 0 Å². The first-order valence-corrected chi connectivity index (χ1v) is 12.6. The van der Waals surface area contributed by atoms with Gasteiger partial charge in [0.1, 0.15) is 5.82 Å². The highest BCUT2D eigenvalue weighted by molar-refractivity contribution is 7.89. The van der Waals surface area contributed by atoms with Crippen molar-refractivity contribution in [3.63, 3.8) is 0 Å². The second kappa shape index (κ2) is 9.79. The van der Waals surface area contributed by atoms with E-state index in [1.807, 2.05) is 66.1 Å². The average Bonchev–Trinajstić information content (AvgIpc) is 3.20. The Hall–Kier alpha value is -3.49. The Morgan fingerprint density at radius 1 is 0.971 bits per heavy atom. The number of nitrogens with one attached hydrogen (secondary N) is 1. The van der Waals surface area contributed by atoms with Crippen LogP contribution in [0.5, 0.6) is 0 Å². The van der Waals surface area contributed by atoms with E-state index in [4.69, 9.17) is 0 Å². The van der Waals surface area contributed by atoms with Gasteiger partial charge in [0.05, 0.1) is 15.9 Å². The van der Waals surface area contributed by atoms with Crippen LogP contribution in [0, 0.1) is 0 Å². The van der Waals surface area contributed by atoms with Crippen LogP contribution in [-0.2, 0) is 27.8 Å². The smallest absolute Gasteiger partial charge is 0.242 e. The Morgan fingerprint density at radius 3 is 2.29 bits per heavy atom. The number of aromatic nitrogens is 2. The van der Waals surface area contributed by atoms with Crippen LogP contribution in [0.4, 0.5) is 5.69 Å². The number of carbonyl (C=O) groups excluding carboxylic acids is 1. The minimum Gasteiger partial charge on any atom is -0.328 e. The summed E-state index contributed by atoms with van der Waals surface area (Å²) < 4.78 is 28.1. The second-order valence-electron chi connectivity index (χ2n) is 8.20. The fourth-order valence-corrected chi connectivity index (χ4v) is 4.82. The topological polar surface area (TPSA) is 84.3 Å². The molecule has 0 radical (unpaired) electrons. The maximum absolute atomic E-state index is 12.6. The van der Waals surface area contributed by atoms with Crippen molar-refractivity contribution in [2.45, 2.75) is 31.2 Å². The third-order valence-electron chi connectivity index (χ3n) is 5.75. The molecule has 0 spiro atoms. The van der Waals surface area contributed by atoms with Gasteiger partial charge in [-0.15, -0.1) is 0 Å². The van der Waals surface area contributed by atoms with Gasteiger partial charge in [-0.1, -0.05) is 42.5 Å². The first kappa shape index (κ1) is 23.7. The van der Waals surface area contributed by atoms with Gasteiger partial charge in [-0.25, -0.2) is 17.7 Å². The average molecular weight is 477 g/mol. The fraction of sp³-hybridized carbons (Fsp3) is 0.231. The molecule has 0 atom stereocenters. The van der Waals surface area contributed by atoms with E-state index < -0.39 is 10.0 Å². The third-order valence-corrected chi connectivity index (χ3v) is 7.56. The van der Waals surface area contributed by atoms with E-state index in [-0.39, 0.29) is 17.2 Å². The van der Waals surface area contributed by atoms with Crippen LogP contribution >= 0.6 is 0 Å². The van der Waals surface area contributed by atoms with Gasteiger partial charge in [-0.3, -0.25) is 4.79 Å². The van der Waals surface area contributed by atoms with Gasteiger partial charge in [0, 0.05) is 39.2 Å². The van der Waals surface area contributed by atoms with E-state index in [1.165, 1.54) is 18.4 Å². The maximum atomic E-state index is 12.6. The number of rotatable bonds is 8. The zero-order valence-corrected chi connectivity index (χ0v) is 20.3. The second-order valence-corrected chi connectivity index (χ2v) is 10.4. The minimum atomic E-state index is -3.54. The van der Waals surface area contributed by atoms with Gasteiger partial charge < -0.3 is 9.88 Å². The number of hydrogen-bond acceptors (Lipinski definition) is 4. The number of nitrogens with zero attached hydrogens (tertiary/aromatic N) is 3. The molecule has 4 aromatic rings. The number of fused-ring (bicyclic) bond motifs is 1. The van der Waals surface area contributed by atoms with E-state index in [0.717, 1.165) is 28.2 Å². The number of imidazole rings is 1. The molecule has 0 saturated heterocycles. The van der Waals surface area contributed by atoms with Crippen LogP contribution in [0.25, 0.3) is 22.2 Å². The van der Waals surface area contributed by atoms with Gasteiger partial charge in [0.15, 0.2) is 0 Å². The summed E-state index contributed by atoms with van der Waals surface area (Å²) in [6, 6.07) is 22.8.